The van der Waals surface area contributed by atoms with Crippen LogP contribution in [0.4, 0.5) is 5.95 Å². The molecular formula is C11H17N5. The van der Waals surface area contributed by atoms with Gasteiger partial charge in [0.05, 0.1) is 6.20 Å². The zero-order chi connectivity index (χ0) is 11.5. The number of aromatic nitrogens is 4. The molecule has 0 aliphatic carbocycles. The van der Waals surface area contributed by atoms with E-state index < -0.39 is 0 Å². The maximum atomic E-state index is 4.26. The maximum Gasteiger partial charge on any atom is 0.203 e. The summed E-state index contributed by atoms with van der Waals surface area (Å²) in [5.41, 5.74) is 2.38. The number of imidazole rings is 1. The molecule has 2 heterocycles. The lowest BCUT2D eigenvalue weighted by atomic mass is 10.2. The average Bonchev–Trinajstić information content (AvgIpc) is 2.86. The minimum Gasteiger partial charge on any atom is -0.351 e. The number of nitrogens with one attached hydrogen (secondary N) is 1. The summed E-state index contributed by atoms with van der Waals surface area (Å²) < 4.78 is 3.95. The highest BCUT2D eigenvalue weighted by atomic mass is 15.3. The molecule has 0 aliphatic heterocycles. The Labute approximate surface area is 95.1 Å². The first-order chi connectivity index (χ1) is 7.72. The zero-order valence-electron chi connectivity index (χ0n) is 9.94. The van der Waals surface area contributed by atoms with Crippen molar-refractivity contribution < 1.29 is 0 Å². The van der Waals surface area contributed by atoms with Gasteiger partial charge >= 0.3 is 0 Å². The second-order valence-corrected chi connectivity index (χ2v) is 3.77. The largest absolute Gasteiger partial charge is 0.351 e. The number of hydrogen-bond acceptors (Lipinski definition) is 3. The van der Waals surface area contributed by atoms with E-state index in [1.54, 1.807) is 0 Å². The second kappa shape index (κ2) is 4.38. The highest BCUT2D eigenvalue weighted by molar-refractivity contribution is 5.29. The van der Waals surface area contributed by atoms with Crippen molar-refractivity contribution in [1.82, 2.24) is 19.3 Å². The molecule has 0 saturated carbocycles. The number of hydrogen-bond donors (Lipinski definition) is 1. The predicted molar refractivity (Wildman–Crippen MR) is 63.2 cm³/mol. The Balaban J connectivity index is 2.05. The van der Waals surface area contributed by atoms with Crippen LogP contribution in [0.1, 0.15) is 18.2 Å². The molecule has 86 valence electrons. The molecule has 0 aliphatic rings. The molecule has 0 spiro atoms. The molecule has 0 radical (unpaired) electrons. The summed E-state index contributed by atoms with van der Waals surface area (Å²) in [5.74, 6) is 0.908. The standard InChI is InChI=1S/C11H17N5/c1-4-16-6-5-12-11(16)13-7-10-8-14-15(3)9(10)2/h5-6,8H,4,7H2,1-3H3,(H,12,13). The highest BCUT2D eigenvalue weighted by Gasteiger charge is 2.05. The van der Waals surface area contributed by atoms with E-state index in [0.29, 0.717) is 0 Å². The van der Waals surface area contributed by atoms with Crippen molar-refractivity contribution in [3.8, 4) is 0 Å². The van der Waals surface area contributed by atoms with Crippen LogP contribution in [0.3, 0.4) is 0 Å². The first kappa shape index (κ1) is 10.7. The number of anilines is 1. The van der Waals surface area contributed by atoms with E-state index in [1.165, 1.54) is 11.3 Å². The molecule has 0 amide bonds. The summed E-state index contributed by atoms with van der Waals surface area (Å²) in [5, 5.41) is 7.52. The van der Waals surface area contributed by atoms with Crippen LogP contribution in [-0.2, 0) is 20.1 Å². The topological polar surface area (TPSA) is 47.7 Å². The van der Waals surface area contributed by atoms with Crippen molar-refractivity contribution in [2.24, 2.45) is 7.05 Å². The Hall–Kier alpha value is -1.78. The monoisotopic (exact) mass is 219 g/mol. The smallest absolute Gasteiger partial charge is 0.203 e. The summed E-state index contributed by atoms with van der Waals surface area (Å²) >= 11 is 0. The maximum absolute atomic E-state index is 4.26. The van der Waals surface area contributed by atoms with Crippen molar-refractivity contribution in [2.75, 3.05) is 5.32 Å². The second-order valence-electron chi connectivity index (χ2n) is 3.77. The van der Waals surface area contributed by atoms with Gasteiger partial charge in [-0.25, -0.2) is 4.98 Å². The molecule has 5 heteroatoms. The molecule has 0 unspecified atom stereocenters. The molecule has 16 heavy (non-hydrogen) atoms. The molecule has 0 atom stereocenters. The van der Waals surface area contributed by atoms with Crippen LogP contribution in [0.25, 0.3) is 0 Å². The van der Waals surface area contributed by atoms with E-state index in [0.717, 1.165) is 19.0 Å². The van der Waals surface area contributed by atoms with Crippen molar-refractivity contribution in [2.45, 2.75) is 26.9 Å². The highest BCUT2D eigenvalue weighted by Crippen LogP contribution is 2.09. The first-order valence-corrected chi connectivity index (χ1v) is 5.45. The van der Waals surface area contributed by atoms with Gasteiger partial charge in [-0.15, -0.1) is 0 Å². The van der Waals surface area contributed by atoms with E-state index in [2.05, 4.69) is 33.8 Å². The molecular weight excluding hydrogens is 202 g/mol. The Morgan fingerprint density at radius 3 is 2.88 bits per heavy atom. The van der Waals surface area contributed by atoms with E-state index in [4.69, 9.17) is 0 Å². The van der Waals surface area contributed by atoms with Gasteiger partial charge in [0.15, 0.2) is 0 Å². The molecule has 1 N–H and O–H groups in total. The first-order valence-electron chi connectivity index (χ1n) is 5.45. The third-order valence-corrected chi connectivity index (χ3v) is 2.83. The molecule has 2 rings (SSSR count). The lowest BCUT2D eigenvalue weighted by Crippen LogP contribution is -2.07. The number of rotatable bonds is 4. The Bertz CT molecular complexity index is 468. The van der Waals surface area contributed by atoms with E-state index in [9.17, 15) is 0 Å². The normalized spacial score (nSPS) is 10.7. The van der Waals surface area contributed by atoms with Crippen molar-refractivity contribution in [1.29, 1.82) is 0 Å². The predicted octanol–water partition coefficient (Wildman–Crippen LogP) is 1.56. The van der Waals surface area contributed by atoms with Crippen LogP contribution < -0.4 is 5.32 Å². The fraction of sp³-hybridized carbons (Fsp3) is 0.455. The molecule has 5 nitrogen and oxygen atoms in total. The van der Waals surface area contributed by atoms with E-state index >= 15 is 0 Å². The molecule has 2 aromatic heterocycles. The van der Waals surface area contributed by atoms with Gasteiger partial charge in [0.2, 0.25) is 5.95 Å². The summed E-state index contributed by atoms with van der Waals surface area (Å²) in [6, 6.07) is 0. The Morgan fingerprint density at radius 1 is 1.44 bits per heavy atom. The Kier molecular flexibility index (Phi) is 2.94. The lowest BCUT2D eigenvalue weighted by molar-refractivity contribution is 0.737. The van der Waals surface area contributed by atoms with Crippen molar-refractivity contribution >= 4 is 5.95 Å². The summed E-state index contributed by atoms with van der Waals surface area (Å²) in [4.78, 5) is 4.26. The molecule has 0 fully saturated rings. The van der Waals surface area contributed by atoms with Gasteiger partial charge in [0.1, 0.15) is 0 Å². The number of nitrogens with zero attached hydrogens (tertiary/aromatic N) is 4. The van der Waals surface area contributed by atoms with Gasteiger partial charge in [-0.3, -0.25) is 4.68 Å². The van der Waals surface area contributed by atoms with Crippen LogP contribution in [0.15, 0.2) is 18.6 Å². The number of aryl methyl sites for hydroxylation is 2. The van der Waals surface area contributed by atoms with Crippen LogP contribution in [-0.4, -0.2) is 19.3 Å². The van der Waals surface area contributed by atoms with Crippen LogP contribution in [0.2, 0.25) is 0 Å². The fourth-order valence-electron chi connectivity index (χ4n) is 1.62. The Morgan fingerprint density at radius 2 is 2.25 bits per heavy atom. The quantitative estimate of drug-likeness (QED) is 0.848. The third-order valence-electron chi connectivity index (χ3n) is 2.83. The zero-order valence-corrected chi connectivity index (χ0v) is 9.94. The molecule has 0 bridgehead atoms. The SMILES string of the molecule is CCn1ccnc1NCc1cnn(C)c1C. The minimum atomic E-state index is 0.761. The third kappa shape index (κ3) is 1.93. The van der Waals surface area contributed by atoms with Gasteiger partial charge in [-0.05, 0) is 13.8 Å². The molecule has 0 saturated heterocycles. The van der Waals surface area contributed by atoms with Gasteiger partial charge in [-0.1, -0.05) is 0 Å². The van der Waals surface area contributed by atoms with Gasteiger partial charge in [0.25, 0.3) is 0 Å². The van der Waals surface area contributed by atoms with Gasteiger partial charge in [0, 0.05) is 43.8 Å². The van der Waals surface area contributed by atoms with Crippen LogP contribution >= 0.6 is 0 Å². The lowest BCUT2D eigenvalue weighted by Gasteiger charge is -2.07. The molecule has 0 aromatic carbocycles. The van der Waals surface area contributed by atoms with Crippen molar-refractivity contribution in [3.05, 3.63) is 29.8 Å². The van der Waals surface area contributed by atoms with Gasteiger partial charge < -0.3 is 9.88 Å². The summed E-state index contributed by atoms with van der Waals surface area (Å²) in [7, 11) is 1.95. The van der Waals surface area contributed by atoms with Gasteiger partial charge in [-0.2, -0.15) is 5.10 Å². The van der Waals surface area contributed by atoms with E-state index in [1.807, 2.05) is 30.3 Å². The fourth-order valence-corrected chi connectivity index (χ4v) is 1.62. The molecule has 2 aromatic rings. The van der Waals surface area contributed by atoms with Crippen LogP contribution in [0.5, 0.6) is 0 Å². The average molecular weight is 219 g/mol. The minimum absolute atomic E-state index is 0.761. The van der Waals surface area contributed by atoms with E-state index in [-0.39, 0.29) is 0 Å². The summed E-state index contributed by atoms with van der Waals surface area (Å²) in [6.07, 6.45) is 5.67. The van der Waals surface area contributed by atoms with Crippen LogP contribution in [0, 0.1) is 6.92 Å². The van der Waals surface area contributed by atoms with Crippen molar-refractivity contribution in [3.63, 3.8) is 0 Å². The summed E-state index contributed by atoms with van der Waals surface area (Å²) in [6.45, 7) is 5.85.